The number of rotatable bonds is 10. The summed E-state index contributed by atoms with van der Waals surface area (Å²) >= 11 is 0. The van der Waals surface area contributed by atoms with Gasteiger partial charge in [-0.1, -0.05) is 29.3 Å². The number of nitrogens with two attached hydrogens (primary N) is 3. The van der Waals surface area contributed by atoms with Gasteiger partial charge in [0.15, 0.2) is 5.96 Å². The minimum absolute atomic E-state index is 0.0385. The van der Waals surface area contributed by atoms with Crippen molar-refractivity contribution in [2.75, 3.05) is 31.1 Å². The number of likely N-dealkylation sites (tertiary alicyclic amines) is 1. The number of benzene rings is 1. The van der Waals surface area contributed by atoms with E-state index in [4.69, 9.17) is 17.2 Å². The van der Waals surface area contributed by atoms with E-state index in [0.29, 0.717) is 38.4 Å². The van der Waals surface area contributed by atoms with Gasteiger partial charge >= 0.3 is 0 Å². The van der Waals surface area contributed by atoms with Crippen LogP contribution in [0, 0.1) is 0 Å². The molecule has 2 atom stereocenters. The number of carbonyl (C=O) groups is 2. The van der Waals surface area contributed by atoms with E-state index < -0.39 is 6.04 Å². The minimum Gasteiger partial charge on any atom is -0.370 e. The predicted molar refractivity (Wildman–Crippen MR) is 157 cm³/mol. The number of carbonyl (C=O) groups excluding carboxylic acids is 2. The molecule has 7 N–H and O–H groups in total. The molecule has 9 nitrogen and oxygen atoms in total. The van der Waals surface area contributed by atoms with Crippen LogP contribution in [0.3, 0.4) is 0 Å². The molecule has 1 saturated heterocycles. The number of aliphatic imine (C=N–C) groups is 1. The van der Waals surface area contributed by atoms with Crippen molar-refractivity contribution >= 4 is 23.5 Å². The molecule has 1 unspecified atom stereocenters. The fourth-order valence-electron chi connectivity index (χ4n) is 6.52. The van der Waals surface area contributed by atoms with Gasteiger partial charge in [-0.25, -0.2) is 0 Å². The lowest BCUT2D eigenvalue weighted by atomic mass is 9.86. The number of hydrogen-bond donors (Lipinski definition) is 4. The van der Waals surface area contributed by atoms with E-state index in [1.54, 1.807) is 5.57 Å². The first kappa shape index (κ1) is 29.1. The second-order valence-electron chi connectivity index (χ2n) is 11.6. The number of allylic oxidation sites excluding steroid dienone is 2. The fraction of sp³-hybridized carbons (Fsp3) is 0.633. The van der Waals surface area contributed by atoms with E-state index >= 15 is 0 Å². The van der Waals surface area contributed by atoms with Crippen molar-refractivity contribution in [3.05, 3.63) is 41.0 Å². The van der Waals surface area contributed by atoms with Crippen LogP contribution < -0.4 is 27.4 Å². The molecule has 1 aliphatic carbocycles. The fourth-order valence-corrected chi connectivity index (χ4v) is 6.52. The standard InChI is InChI=1S/C30H47N7O2/c1-20(2)21-9-11-22(12-10-21)36-18-14-23(15-19-36)37-27-8-4-3-6-24(27)25(29(37)39)13-17-34-28(38)26(31)7-5-16-35-30(32)33/h3-4,6,8,22-23,25-26H,5,7,9-19,31H2,1-2H3,(H,34,38)(H4,32,33,35)/t25?,26-/m0/s1. The molecule has 0 spiro atoms. The van der Waals surface area contributed by atoms with E-state index in [9.17, 15) is 9.59 Å². The number of amides is 2. The summed E-state index contributed by atoms with van der Waals surface area (Å²) in [6.07, 6.45) is 8.66. The highest BCUT2D eigenvalue weighted by Crippen LogP contribution is 2.42. The summed E-state index contributed by atoms with van der Waals surface area (Å²) in [5.74, 6) is -0.242. The first-order chi connectivity index (χ1) is 18.8. The molecule has 2 fully saturated rings. The normalized spacial score (nSPS) is 22.9. The molecule has 2 heterocycles. The Balaban J connectivity index is 1.28. The SMILES string of the molecule is CC(C)=C1CCC(N2CCC(N3C(=O)C(CCNC(=O)[C@@H](N)CCCN=C(N)N)c4ccccc43)CC2)CC1. The van der Waals surface area contributed by atoms with Gasteiger partial charge in [0.25, 0.3) is 0 Å². The zero-order valence-corrected chi connectivity index (χ0v) is 23.7. The molecular weight excluding hydrogens is 490 g/mol. The molecule has 39 heavy (non-hydrogen) atoms. The highest BCUT2D eigenvalue weighted by molar-refractivity contribution is 6.05. The van der Waals surface area contributed by atoms with Crippen molar-refractivity contribution in [2.24, 2.45) is 22.2 Å². The third-order valence-corrected chi connectivity index (χ3v) is 8.79. The van der Waals surface area contributed by atoms with Crippen LogP contribution in [0.25, 0.3) is 0 Å². The van der Waals surface area contributed by atoms with E-state index in [-0.39, 0.29) is 29.7 Å². The molecule has 0 aromatic heterocycles. The minimum atomic E-state index is -0.620. The van der Waals surface area contributed by atoms with Crippen LogP contribution >= 0.6 is 0 Å². The Morgan fingerprint density at radius 2 is 1.77 bits per heavy atom. The van der Waals surface area contributed by atoms with E-state index in [0.717, 1.165) is 37.2 Å². The predicted octanol–water partition coefficient (Wildman–Crippen LogP) is 2.75. The van der Waals surface area contributed by atoms with Gasteiger partial charge in [-0.05, 0) is 83.3 Å². The summed E-state index contributed by atoms with van der Waals surface area (Å²) in [5, 5.41) is 2.93. The summed E-state index contributed by atoms with van der Waals surface area (Å²) in [7, 11) is 0. The van der Waals surface area contributed by atoms with Crippen molar-refractivity contribution in [1.82, 2.24) is 10.2 Å². The van der Waals surface area contributed by atoms with Gasteiger partial charge in [0.2, 0.25) is 11.8 Å². The third kappa shape index (κ3) is 7.19. The first-order valence-electron chi connectivity index (χ1n) is 14.7. The molecular formula is C30H47N7O2. The van der Waals surface area contributed by atoms with Crippen LogP contribution in [0.1, 0.15) is 83.1 Å². The van der Waals surface area contributed by atoms with Crippen molar-refractivity contribution in [1.29, 1.82) is 0 Å². The maximum atomic E-state index is 13.7. The Bertz CT molecular complexity index is 1060. The Labute approximate surface area is 233 Å². The van der Waals surface area contributed by atoms with Crippen molar-refractivity contribution in [3.63, 3.8) is 0 Å². The number of para-hydroxylation sites is 1. The average molecular weight is 538 g/mol. The maximum absolute atomic E-state index is 13.7. The average Bonchev–Trinajstić information content (AvgIpc) is 3.22. The third-order valence-electron chi connectivity index (χ3n) is 8.79. The van der Waals surface area contributed by atoms with Crippen LogP contribution in [-0.2, 0) is 9.59 Å². The second-order valence-corrected chi connectivity index (χ2v) is 11.6. The van der Waals surface area contributed by atoms with Gasteiger partial charge in [0.1, 0.15) is 0 Å². The molecule has 4 rings (SSSR count). The van der Waals surface area contributed by atoms with Crippen LogP contribution in [0.15, 0.2) is 40.4 Å². The smallest absolute Gasteiger partial charge is 0.236 e. The number of fused-ring (bicyclic) bond motifs is 1. The summed E-state index contributed by atoms with van der Waals surface area (Å²) in [4.78, 5) is 34.8. The van der Waals surface area contributed by atoms with Gasteiger partial charge in [0, 0.05) is 44.0 Å². The Morgan fingerprint density at radius 1 is 1.08 bits per heavy atom. The number of nitrogens with one attached hydrogen (secondary N) is 1. The first-order valence-corrected chi connectivity index (χ1v) is 14.7. The van der Waals surface area contributed by atoms with E-state index in [1.165, 1.54) is 31.3 Å². The van der Waals surface area contributed by atoms with Crippen LogP contribution in [-0.4, -0.2) is 67.0 Å². The molecule has 9 heteroatoms. The largest absolute Gasteiger partial charge is 0.370 e. The lowest BCUT2D eigenvalue weighted by Crippen LogP contribution is -2.50. The van der Waals surface area contributed by atoms with Crippen molar-refractivity contribution < 1.29 is 9.59 Å². The highest BCUT2D eigenvalue weighted by atomic mass is 16.2. The van der Waals surface area contributed by atoms with Crippen molar-refractivity contribution in [3.8, 4) is 0 Å². The number of piperidine rings is 1. The van der Waals surface area contributed by atoms with E-state index in [1.807, 2.05) is 12.1 Å². The maximum Gasteiger partial charge on any atom is 0.236 e. The van der Waals surface area contributed by atoms with Gasteiger partial charge in [-0.2, -0.15) is 0 Å². The quantitative estimate of drug-likeness (QED) is 0.156. The summed E-state index contributed by atoms with van der Waals surface area (Å²) < 4.78 is 0. The summed E-state index contributed by atoms with van der Waals surface area (Å²) in [6.45, 7) is 7.43. The number of nitrogens with zero attached hydrogens (tertiary/aromatic N) is 3. The van der Waals surface area contributed by atoms with Crippen LogP contribution in [0.2, 0.25) is 0 Å². The number of hydrogen-bond acceptors (Lipinski definition) is 5. The lowest BCUT2D eigenvalue weighted by molar-refractivity contribution is -0.123. The summed E-state index contributed by atoms with van der Waals surface area (Å²) in [6, 6.07) is 8.43. The topological polar surface area (TPSA) is 143 Å². The van der Waals surface area contributed by atoms with Crippen molar-refractivity contribution in [2.45, 2.75) is 95.7 Å². The molecule has 0 radical (unpaired) electrons. The Morgan fingerprint density at radius 3 is 2.44 bits per heavy atom. The molecule has 2 amide bonds. The molecule has 1 saturated carbocycles. The highest BCUT2D eigenvalue weighted by Gasteiger charge is 2.41. The molecule has 214 valence electrons. The monoisotopic (exact) mass is 537 g/mol. The molecule has 1 aromatic rings. The van der Waals surface area contributed by atoms with Gasteiger partial charge in [-0.15, -0.1) is 0 Å². The lowest BCUT2D eigenvalue weighted by Gasteiger charge is -2.42. The van der Waals surface area contributed by atoms with Gasteiger partial charge in [-0.3, -0.25) is 14.6 Å². The molecule has 3 aliphatic rings. The molecule has 1 aromatic carbocycles. The van der Waals surface area contributed by atoms with E-state index in [2.05, 4.69) is 46.1 Å². The molecule has 0 bridgehead atoms. The Kier molecular flexibility index (Phi) is 10.0. The zero-order valence-electron chi connectivity index (χ0n) is 23.7. The van der Waals surface area contributed by atoms with Gasteiger partial charge < -0.3 is 32.3 Å². The second kappa shape index (κ2) is 13.4. The van der Waals surface area contributed by atoms with Crippen LogP contribution in [0.4, 0.5) is 5.69 Å². The number of guanidine groups is 1. The number of anilines is 1. The molecule has 2 aliphatic heterocycles. The summed E-state index contributed by atoms with van der Waals surface area (Å²) in [5.41, 5.74) is 21.9. The zero-order chi connectivity index (χ0) is 27.9. The Hall–Kier alpha value is -2.91. The van der Waals surface area contributed by atoms with Crippen LogP contribution in [0.5, 0.6) is 0 Å². The van der Waals surface area contributed by atoms with Gasteiger partial charge in [0.05, 0.1) is 12.0 Å².